The molecule has 0 saturated heterocycles. The van der Waals surface area contributed by atoms with E-state index in [9.17, 15) is 14.7 Å². The van der Waals surface area contributed by atoms with Crippen LogP contribution in [0.5, 0.6) is 0 Å². The van der Waals surface area contributed by atoms with Gasteiger partial charge in [-0.3, -0.25) is 14.5 Å². The highest BCUT2D eigenvalue weighted by Gasteiger charge is 2.23. The van der Waals surface area contributed by atoms with Crippen LogP contribution in [0, 0.1) is 0 Å². The normalized spacial score (nSPS) is 13.7. The van der Waals surface area contributed by atoms with Crippen molar-refractivity contribution in [2.24, 2.45) is 0 Å². The maximum atomic E-state index is 11.7. The number of carboxylic acid groups (broad SMARTS) is 1. The van der Waals surface area contributed by atoms with Gasteiger partial charge in [-0.1, -0.05) is 6.07 Å². The fourth-order valence-electron chi connectivity index (χ4n) is 2.30. The highest BCUT2D eigenvalue weighted by molar-refractivity contribution is 5.86. The number of hydrogen-bond acceptors (Lipinski definition) is 4. The van der Waals surface area contributed by atoms with E-state index in [0.717, 1.165) is 18.4 Å². The first-order valence-corrected chi connectivity index (χ1v) is 6.83. The van der Waals surface area contributed by atoms with Gasteiger partial charge in [0.25, 0.3) is 0 Å². The number of nitrogens with zero attached hydrogens (tertiary/aromatic N) is 3. The fraction of sp³-hybridized carbons (Fsp3) is 0.500. The Morgan fingerprint density at radius 2 is 2.24 bits per heavy atom. The lowest BCUT2D eigenvalue weighted by atomic mass is 10.0. The molecule has 2 rings (SSSR count). The van der Waals surface area contributed by atoms with Crippen molar-refractivity contribution in [1.29, 1.82) is 0 Å². The molecule has 0 spiro atoms. The molecule has 7 heteroatoms. The smallest absolute Gasteiger partial charge is 0.413 e. The van der Waals surface area contributed by atoms with Gasteiger partial charge in [0.05, 0.1) is 7.11 Å². The second-order valence-electron chi connectivity index (χ2n) is 4.90. The van der Waals surface area contributed by atoms with E-state index in [1.54, 1.807) is 7.05 Å². The summed E-state index contributed by atoms with van der Waals surface area (Å²) in [6.45, 7) is 0.462. The van der Waals surface area contributed by atoms with Gasteiger partial charge in [0.1, 0.15) is 5.82 Å². The molecule has 1 aliphatic heterocycles. The van der Waals surface area contributed by atoms with Crippen molar-refractivity contribution in [1.82, 2.24) is 10.0 Å². The third-order valence-electron chi connectivity index (χ3n) is 3.55. The Kier molecular flexibility index (Phi) is 4.74. The highest BCUT2D eigenvalue weighted by Crippen LogP contribution is 2.25. The molecule has 1 aromatic rings. The quantitative estimate of drug-likeness (QED) is 0.850. The zero-order valence-corrected chi connectivity index (χ0v) is 12.2. The van der Waals surface area contributed by atoms with Gasteiger partial charge in [0.2, 0.25) is 5.91 Å². The van der Waals surface area contributed by atoms with Gasteiger partial charge in [-0.05, 0) is 30.9 Å². The molecule has 7 nitrogen and oxygen atoms in total. The minimum absolute atomic E-state index is 0.146. The molecule has 0 unspecified atom stereocenters. The number of fused-ring (bicyclic) bond motifs is 1. The molecule has 0 radical (unpaired) electrons. The summed E-state index contributed by atoms with van der Waals surface area (Å²) in [6, 6.07) is 3.75. The number of aromatic nitrogens is 1. The SMILES string of the molecule is CON(C)C(=O)CCc1ccc2c(n1)N(C(=O)O)CCC2. The van der Waals surface area contributed by atoms with E-state index in [0.29, 0.717) is 24.5 Å². The third kappa shape index (κ3) is 3.49. The summed E-state index contributed by atoms with van der Waals surface area (Å²) in [5.41, 5.74) is 1.65. The fourth-order valence-corrected chi connectivity index (χ4v) is 2.30. The standard InChI is InChI=1S/C14H19N3O4/c1-16(21-2)12(18)8-7-11-6-5-10-4-3-9-17(14(19)20)13(10)15-11/h5-6H,3-4,7-9H2,1-2H3,(H,19,20). The van der Waals surface area contributed by atoms with Gasteiger partial charge in [0.15, 0.2) is 0 Å². The van der Waals surface area contributed by atoms with Crippen LogP contribution >= 0.6 is 0 Å². The van der Waals surface area contributed by atoms with Crippen LogP contribution in [-0.2, 0) is 22.5 Å². The summed E-state index contributed by atoms with van der Waals surface area (Å²) in [4.78, 5) is 33.4. The molecule has 0 bridgehead atoms. The Morgan fingerprint density at radius 3 is 2.90 bits per heavy atom. The molecule has 1 aliphatic rings. The summed E-state index contributed by atoms with van der Waals surface area (Å²) in [5, 5.41) is 10.4. The molecule has 0 aromatic carbocycles. The zero-order chi connectivity index (χ0) is 15.4. The number of anilines is 1. The molecular weight excluding hydrogens is 274 g/mol. The molecule has 2 heterocycles. The molecule has 2 amide bonds. The molecule has 21 heavy (non-hydrogen) atoms. The lowest BCUT2D eigenvalue weighted by Crippen LogP contribution is -2.35. The lowest BCUT2D eigenvalue weighted by Gasteiger charge is -2.26. The first kappa shape index (κ1) is 15.2. The van der Waals surface area contributed by atoms with Crippen LogP contribution < -0.4 is 4.90 Å². The number of carbonyl (C=O) groups excluding carboxylic acids is 1. The number of amides is 2. The Balaban J connectivity index is 2.11. The number of pyridine rings is 1. The summed E-state index contributed by atoms with van der Waals surface area (Å²) < 4.78 is 0. The van der Waals surface area contributed by atoms with Crippen molar-refractivity contribution in [3.8, 4) is 0 Å². The minimum Gasteiger partial charge on any atom is -0.465 e. The van der Waals surface area contributed by atoms with Crippen molar-refractivity contribution in [3.63, 3.8) is 0 Å². The molecule has 1 aromatic heterocycles. The predicted molar refractivity (Wildman–Crippen MR) is 76.0 cm³/mol. The topological polar surface area (TPSA) is 83.0 Å². The van der Waals surface area contributed by atoms with E-state index >= 15 is 0 Å². The van der Waals surface area contributed by atoms with E-state index in [4.69, 9.17) is 4.84 Å². The monoisotopic (exact) mass is 293 g/mol. The van der Waals surface area contributed by atoms with Crippen LogP contribution in [0.1, 0.15) is 24.1 Å². The van der Waals surface area contributed by atoms with E-state index in [2.05, 4.69) is 4.98 Å². The average Bonchev–Trinajstić information content (AvgIpc) is 2.50. The van der Waals surface area contributed by atoms with Crippen molar-refractivity contribution >= 4 is 17.8 Å². The van der Waals surface area contributed by atoms with Crippen molar-refractivity contribution < 1.29 is 19.5 Å². The maximum Gasteiger partial charge on any atom is 0.413 e. The van der Waals surface area contributed by atoms with E-state index in [-0.39, 0.29) is 12.3 Å². The lowest BCUT2D eigenvalue weighted by molar-refractivity contribution is -0.168. The van der Waals surface area contributed by atoms with Gasteiger partial charge < -0.3 is 5.11 Å². The van der Waals surface area contributed by atoms with Gasteiger partial charge >= 0.3 is 6.09 Å². The second-order valence-corrected chi connectivity index (χ2v) is 4.90. The first-order valence-electron chi connectivity index (χ1n) is 6.83. The Bertz CT molecular complexity index is 547. The molecule has 0 fully saturated rings. The molecular formula is C14H19N3O4. The number of aryl methyl sites for hydroxylation is 2. The van der Waals surface area contributed by atoms with Crippen molar-refractivity contribution in [2.45, 2.75) is 25.7 Å². The summed E-state index contributed by atoms with van der Waals surface area (Å²) in [6.07, 6.45) is 1.36. The first-order chi connectivity index (χ1) is 10.0. The van der Waals surface area contributed by atoms with Crippen LogP contribution in [0.4, 0.5) is 10.6 Å². The molecule has 114 valence electrons. The predicted octanol–water partition coefficient (Wildman–Crippen LogP) is 1.46. The van der Waals surface area contributed by atoms with Crippen molar-refractivity contribution in [3.05, 3.63) is 23.4 Å². The van der Waals surface area contributed by atoms with Gasteiger partial charge in [-0.15, -0.1) is 0 Å². The summed E-state index contributed by atoms with van der Waals surface area (Å²) in [7, 11) is 2.98. The number of hydrogen-bond donors (Lipinski definition) is 1. The number of carbonyl (C=O) groups is 2. The molecule has 0 aliphatic carbocycles. The Labute approximate surface area is 123 Å². The van der Waals surface area contributed by atoms with Crippen LogP contribution in [0.2, 0.25) is 0 Å². The third-order valence-corrected chi connectivity index (χ3v) is 3.55. The molecule has 1 N–H and O–H groups in total. The van der Waals surface area contributed by atoms with Crippen LogP contribution in [0.15, 0.2) is 12.1 Å². The average molecular weight is 293 g/mol. The Morgan fingerprint density at radius 1 is 1.48 bits per heavy atom. The summed E-state index contributed by atoms with van der Waals surface area (Å²) in [5.74, 6) is 0.353. The van der Waals surface area contributed by atoms with E-state index in [1.165, 1.54) is 17.1 Å². The number of hydroxylamine groups is 2. The van der Waals surface area contributed by atoms with Crippen LogP contribution in [0.3, 0.4) is 0 Å². The molecule has 0 saturated carbocycles. The van der Waals surface area contributed by atoms with Gasteiger partial charge in [0, 0.05) is 25.7 Å². The van der Waals surface area contributed by atoms with E-state index in [1.807, 2.05) is 12.1 Å². The van der Waals surface area contributed by atoms with Crippen LogP contribution in [0.25, 0.3) is 0 Å². The largest absolute Gasteiger partial charge is 0.465 e. The highest BCUT2D eigenvalue weighted by atomic mass is 16.7. The van der Waals surface area contributed by atoms with Gasteiger partial charge in [-0.2, -0.15) is 0 Å². The summed E-state index contributed by atoms with van der Waals surface area (Å²) >= 11 is 0. The maximum absolute atomic E-state index is 11.7. The van der Waals surface area contributed by atoms with E-state index < -0.39 is 6.09 Å². The minimum atomic E-state index is -0.990. The van der Waals surface area contributed by atoms with Crippen molar-refractivity contribution in [2.75, 3.05) is 25.6 Å². The second kappa shape index (κ2) is 6.53. The molecule has 0 atom stereocenters. The van der Waals surface area contributed by atoms with Gasteiger partial charge in [-0.25, -0.2) is 14.8 Å². The zero-order valence-electron chi connectivity index (χ0n) is 12.2. The number of rotatable bonds is 4. The van der Waals surface area contributed by atoms with Crippen LogP contribution in [-0.4, -0.2) is 47.9 Å². The Hall–Kier alpha value is -2.15.